The predicted molar refractivity (Wildman–Crippen MR) is 67.4 cm³/mol. The van der Waals surface area contributed by atoms with E-state index in [-0.39, 0.29) is 6.29 Å². The lowest BCUT2D eigenvalue weighted by Crippen LogP contribution is -2.26. The van der Waals surface area contributed by atoms with Gasteiger partial charge in [0.05, 0.1) is 6.10 Å². The van der Waals surface area contributed by atoms with Gasteiger partial charge in [-0.15, -0.1) is 6.58 Å². The molecule has 0 aromatic heterocycles. The molecule has 2 nitrogen and oxygen atoms in total. The first-order valence-corrected chi connectivity index (χ1v) is 6.71. The lowest BCUT2D eigenvalue weighted by atomic mass is 10.1. The van der Waals surface area contributed by atoms with Crippen LogP contribution in [0.4, 0.5) is 0 Å². The SMILES string of the molecule is C=CCCCCC[C@H](C)OC1CCCCO1. The van der Waals surface area contributed by atoms with Crippen molar-refractivity contribution in [2.24, 2.45) is 0 Å². The Hall–Kier alpha value is -0.340. The maximum absolute atomic E-state index is 5.86. The van der Waals surface area contributed by atoms with Gasteiger partial charge >= 0.3 is 0 Å². The van der Waals surface area contributed by atoms with Crippen molar-refractivity contribution in [3.05, 3.63) is 12.7 Å². The molecular weight excluding hydrogens is 200 g/mol. The minimum atomic E-state index is 0.0666. The number of allylic oxidation sites excluding steroid dienone is 1. The Morgan fingerprint density at radius 2 is 2.25 bits per heavy atom. The zero-order valence-corrected chi connectivity index (χ0v) is 10.6. The van der Waals surface area contributed by atoms with E-state index in [1.807, 2.05) is 6.08 Å². The third-order valence-electron chi connectivity index (χ3n) is 3.04. The summed E-state index contributed by atoms with van der Waals surface area (Å²) in [6.07, 6.45) is 12.0. The standard InChI is InChI=1S/C14H26O2/c1-3-4-5-6-7-10-13(2)16-14-11-8-9-12-15-14/h3,13-14H,1,4-12H2,2H3/t13-,14?/m0/s1. The summed E-state index contributed by atoms with van der Waals surface area (Å²) < 4.78 is 11.4. The van der Waals surface area contributed by atoms with Crippen molar-refractivity contribution in [3.8, 4) is 0 Å². The molecule has 0 radical (unpaired) electrons. The molecule has 0 aromatic carbocycles. The minimum absolute atomic E-state index is 0.0666. The van der Waals surface area contributed by atoms with Crippen LogP contribution in [0, 0.1) is 0 Å². The summed E-state index contributed by atoms with van der Waals surface area (Å²) in [7, 11) is 0. The highest BCUT2D eigenvalue weighted by Gasteiger charge is 2.16. The molecule has 1 aliphatic rings. The van der Waals surface area contributed by atoms with Crippen molar-refractivity contribution in [1.29, 1.82) is 0 Å². The van der Waals surface area contributed by atoms with Crippen molar-refractivity contribution in [3.63, 3.8) is 0 Å². The van der Waals surface area contributed by atoms with Gasteiger partial charge in [0, 0.05) is 6.61 Å². The van der Waals surface area contributed by atoms with Crippen molar-refractivity contribution in [1.82, 2.24) is 0 Å². The summed E-state index contributed by atoms with van der Waals surface area (Å²) >= 11 is 0. The van der Waals surface area contributed by atoms with Crippen LogP contribution in [0.15, 0.2) is 12.7 Å². The molecule has 1 saturated heterocycles. The van der Waals surface area contributed by atoms with Gasteiger partial charge in [0.1, 0.15) is 0 Å². The van der Waals surface area contributed by atoms with Crippen LogP contribution >= 0.6 is 0 Å². The molecule has 1 heterocycles. The molecule has 1 rings (SSSR count). The summed E-state index contributed by atoms with van der Waals surface area (Å²) in [6.45, 7) is 6.76. The second kappa shape index (κ2) is 8.77. The van der Waals surface area contributed by atoms with E-state index in [9.17, 15) is 0 Å². The fourth-order valence-corrected chi connectivity index (χ4v) is 2.04. The minimum Gasteiger partial charge on any atom is -0.353 e. The van der Waals surface area contributed by atoms with Crippen LogP contribution in [0.2, 0.25) is 0 Å². The summed E-state index contributed by atoms with van der Waals surface area (Å²) in [5.74, 6) is 0. The summed E-state index contributed by atoms with van der Waals surface area (Å²) in [5, 5.41) is 0. The van der Waals surface area contributed by atoms with Crippen LogP contribution in [0.1, 0.15) is 58.3 Å². The third-order valence-corrected chi connectivity index (χ3v) is 3.04. The Balaban J connectivity index is 1.96. The largest absolute Gasteiger partial charge is 0.353 e. The molecule has 0 N–H and O–H groups in total. The van der Waals surface area contributed by atoms with E-state index in [0.29, 0.717) is 6.10 Å². The molecule has 1 aliphatic heterocycles. The van der Waals surface area contributed by atoms with E-state index < -0.39 is 0 Å². The quantitative estimate of drug-likeness (QED) is 0.459. The Kier molecular flexibility index (Phi) is 7.52. The second-order valence-corrected chi connectivity index (χ2v) is 4.67. The van der Waals surface area contributed by atoms with Gasteiger partial charge in [-0.25, -0.2) is 0 Å². The number of ether oxygens (including phenoxy) is 2. The maximum Gasteiger partial charge on any atom is 0.157 e. The molecule has 94 valence electrons. The van der Waals surface area contributed by atoms with Crippen molar-refractivity contribution < 1.29 is 9.47 Å². The highest BCUT2D eigenvalue weighted by Crippen LogP contribution is 2.17. The van der Waals surface area contributed by atoms with Crippen LogP contribution in [0.5, 0.6) is 0 Å². The summed E-state index contributed by atoms with van der Waals surface area (Å²) in [4.78, 5) is 0. The molecule has 2 heteroatoms. The normalized spacial score (nSPS) is 22.9. The molecule has 0 spiro atoms. The van der Waals surface area contributed by atoms with Gasteiger partial charge in [0.25, 0.3) is 0 Å². The van der Waals surface area contributed by atoms with E-state index in [4.69, 9.17) is 9.47 Å². The maximum atomic E-state index is 5.86. The lowest BCUT2D eigenvalue weighted by Gasteiger charge is -2.26. The number of hydrogen-bond acceptors (Lipinski definition) is 2. The number of unbranched alkanes of at least 4 members (excludes halogenated alkanes) is 3. The van der Waals surface area contributed by atoms with E-state index in [1.54, 1.807) is 0 Å². The highest BCUT2D eigenvalue weighted by atomic mass is 16.7. The first-order valence-electron chi connectivity index (χ1n) is 6.71. The summed E-state index contributed by atoms with van der Waals surface area (Å²) in [6, 6.07) is 0. The molecule has 0 aromatic rings. The van der Waals surface area contributed by atoms with Crippen LogP contribution in [0.3, 0.4) is 0 Å². The zero-order chi connectivity index (χ0) is 11.6. The molecule has 2 atom stereocenters. The lowest BCUT2D eigenvalue weighted by molar-refractivity contribution is -0.185. The molecule has 0 saturated carbocycles. The number of hydrogen-bond donors (Lipinski definition) is 0. The third kappa shape index (κ3) is 6.29. The molecule has 0 bridgehead atoms. The van der Waals surface area contributed by atoms with Crippen molar-refractivity contribution in [2.45, 2.75) is 70.7 Å². The first kappa shape index (κ1) is 13.7. The molecule has 0 aliphatic carbocycles. The smallest absolute Gasteiger partial charge is 0.157 e. The average molecular weight is 226 g/mol. The van der Waals surface area contributed by atoms with Crippen molar-refractivity contribution in [2.75, 3.05) is 6.61 Å². The zero-order valence-electron chi connectivity index (χ0n) is 10.6. The summed E-state index contributed by atoms with van der Waals surface area (Å²) in [5.41, 5.74) is 0. The average Bonchev–Trinajstić information content (AvgIpc) is 2.30. The van der Waals surface area contributed by atoms with Gasteiger partial charge in [-0.05, 0) is 45.4 Å². The van der Waals surface area contributed by atoms with E-state index >= 15 is 0 Å². The monoisotopic (exact) mass is 226 g/mol. The molecule has 1 fully saturated rings. The van der Waals surface area contributed by atoms with Crippen LogP contribution in [-0.2, 0) is 9.47 Å². The fraction of sp³-hybridized carbons (Fsp3) is 0.857. The molecular formula is C14H26O2. The van der Waals surface area contributed by atoms with E-state index in [1.165, 1.54) is 32.1 Å². The van der Waals surface area contributed by atoms with Crippen molar-refractivity contribution >= 4 is 0 Å². The molecule has 1 unspecified atom stereocenters. The fourth-order valence-electron chi connectivity index (χ4n) is 2.04. The molecule has 16 heavy (non-hydrogen) atoms. The second-order valence-electron chi connectivity index (χ2n) is 4.67. The predicted octanol–water partition coefficient (Wildman–Crippen LogP) is 4.05. The van der Waals surface area contributed by atoms with Gasteiger partial charge in [-0.2, -0.15) is 0 Å². The van der Waals surface area contributed by atoms with Gasteiger partial charge in [-0.1, -0.05) is 18.9 Å². The van der Waals surface area contributed by atoms with E-state index in [0.717, 1.165) is 25.9 Å². The van der Waals surface area contributed by atoms with E-state index in [2.05, 4.69) is 13.5 Å². The highest BCUT2D eigenvalue weighted by molar-refractivity contribution is 4.66. The van der Waals surface area contributed by atoms with Gasteiger partial charge in [0.15, 0.2) is 6.29 Å². The topological polar surface area (TPSA) is 18.5 Å². The van der Waals surface area contributed by atoms with Gasteiger partial charge in [0.2, 0.25) is 0 Å². The van der Waals surface area contributed by atoms with Crippen LogP contribution in [0.25, 0.3) is 0 Å². The van der Waals surface area contributed by atoms with Crippen LogP contribution < -0.4 is 0 Å². The first-order chi connectivity index (χ1) is 7.83. The molecule has 0 amide bonds. The number of rotatable bonds is 8. The van der Waals surface area contributed by atoms with Gasteiger partial charge < -0.3 is 9.47 Å². The Bertz CT molecular complexity index is 174. The van der Waals surface area contributed by atoms with Gasteiger partial charge in [-0.3, -0.25) is 0 Å². The Labute approximate surface area is 100 Å². The Morgan fingerprint density at radius 1 is 1.38 bits per heavy atom. The van der Waals surface area contributed by atoms with Crippen LogP contribution in [-0.4, -0.2) is 19.0 Å². The Morgan fingerprint density at radius 3 is 2.94 bits per heavy atom.